The molecule has 1 amide bonds. The molecule has 0 aliphatic carbocycles. The second kappa shape index (κ2) is 11.1. The van der Waals surface area contributed by atoms with Crippen LogP contribution in [0.25, 0.3) is 0 Å². The first kappa shape index (κ1) is 22.2. The monoisotopic (exact) mass is 452 g/mol. The van der Waals surface area contributed by atoms with Gasteiger partial charge in [-0.05, 0) is 37.1 Å². The second-order valence-corrected chi connectivity index (χ2v) is 8.66. The Morgan fingerprint density at radius 3 is 2.53 bits per heavy atom. The van der Waals surface area contributed by atoms with Gasteiger partial charge in [0, 0.05) is 56.3 Å². The Kier molecular flexibility index (Phi) is 7.68. The maximum Gasteiger partial charge on any atom is 0.415 e. The molecule has 0 radical (unpaired) electrons. The van der Waals surface area contributed by atoms with Gasteiger partial charge in [-0.1, -0.05) is 18.2 Å². The van der Waals surface area contributed by atoms with Crippen molar-refractivity contribution >= 4 is 17.4 Å². The molecule has 0 bridgehead atoms. The zero-order valence-electron chi connectivity index (χ0n) is 18.3. The zero-order chi connectivity index (χ0) is 22.2. The van der Waals surface area contributed by atoms with E-state index in [0.29, 0.717) is 31.3 Å². The number of rotatable bonds is 8. The van der Waals surface area contributed by atoms with Crippen LogP contribution in [0.1, 0.15) is 16.1 Å². The van der Waals surface area contributed by atoms with Gasteiger partial charge in [0.25, 0.3) is 0 Å². The van der Waals surface area contributed by atoms with E-state index < -0.39 is 0 Å². The summed E-state index contributed by atoms with van der Waals surface area (Å²) in [6.45, 7) is 6.69. The van der Waals surface area contributed by atoms with Crippen LogP contribution in [-0.2, 0) is 12.8 Å². The van der Waals surface area contributed by atoms with Crippen molar-refractivity contribution in [3.8, 4) is 11.6 Å². The van der Waals surface area contributed by atoms with Crippen LogP contribution in [0.2, 0.25) is 0 Å². The first-order valence-corrected chi connectivity index (χ1v) is 11.8. The molecule has 3 aromatic rings. The van der Waals surface area contributed by atoms with E-state index in [0.717, 1.165) is 43.7 Å². The molecule has 1 aliphatic rings. The molecule has 0 unspecified atom stereocenters. The molecule has 168 valence electrons. The maximum absolute atomic E-state index is 12.5. The van der Waals surface area contributed by atoms with Crippen LogP contribution in [0, 0.1) is 6.92 Å². The molecule has 1 aliphatic heterocycles. The predicted molar refractivity (Wildman–Crippen MR) is 124 cm³/mol. The summed E-state index contributed by atoms with van der Waals surface area (Å²) in [5.41, 5.74) is 4.15. The van der Waals surface area contributed by atoms with E-state index in [-0.39, 0.29) is 6.09 Å². The van der Waals surface area contributed by atoms with Crippen LogP contribution in [-0.4, -0.2) is 65.2 Å². The highest BCUT2D eigenvalue weighted by molar-refractivity contribution is 7.09. The Labute approximate surface area is 192 Å². The number of ether oxygens (including phenoxy) is 2. The lowest BCUT2D eigenvalue weighted by Crippen LogP contribution is -2.49. The molecule has 32 heavy (non-hydrogen) atoms. The van der Waals surface area contributed by atoms with Gasteiger partial charge in [-0.3, -0.25) is 4.90 Å². The summed E-state index contributed by atoms with van der Waals surface area (Å²) in [5.74, 6) is 1.18. The highest BCUT2D eigenvalue weighted by Gasteiger charge is 2.22. The van der Waals surface area contributed by atoms with Crippen molar-refractivity contribution in [2.75, 3.05) is 39.3 Å². The third-order valence-electron chi connectivity index (χ3n) is 5.54. The quantitative estimate of drug-likeness (QED) is 0.518. The number of hydrogen-bond donors (Lipinski definition) is 0. The number of aryl methyl sites for hydroxylation is 1. The maximum atomic E-state index is 12.5. The van der Waals surface area contributed by atoms with E-state index in [1.165, 1.54) is 4.88 Å². The Balaban J connectivity index is 1.17. The lowest BCUT2D eigenvalue weighted by molar-refractivity contribution is 0.111. The Bertz CT molecular complexity index is 986. The SMILES string of the molecule is Cc1ncsc1CCN1CCN(C(=O)Oc2ccc(CCOc3ccccn3)cc2)CC1. The van der Waals surface area contributed by atoms with Gasteiger partial charge in [0.1, 0.15) is 5.75 Å². The van der Waals surface area contributed by atoms with Gasteiger partial charge >= 0.3 is 6.09 Å². The van der Waals surface area contributed by atoms with Crippen LogP contribution in [0.3, 0.4) is 0 Å². The summed E-state index contributed by atoms with van der Waals surface area (Å²) in [6, 6.07) is 13.2. The lowest BCUT2D eigenvalue weighted by Gasteiger charge is -2.33. The molecule has 0 saturated carbocycles. The first-order chi connectivity index (χ1) is 15.7. The van der Waals surface area contributed by atoms with E-state index in [1.54, 1.807) is 22.4 Å². The van der Waals surface area contributed by atoms with Crippen molar-refractivity contribution < 1.29 is 14.3 Å². The van der Waals surface area contributed by atoms with E-state index >= 15 is 0 Å². The highest BCUT2D eigenvalue weighted by Crippen LogP contribution is 2.16. The molecule has 0 atom stereocenters. The molecule has 3 heterocycles. The number of amides is 1. The zero-order valence-corrected chi connectivity index (χ0v) is 19.1. The molecule has 1 saturated heterocycles. The van der Waals surface area contributed by atoms with Crippen LogP contribution >= 0.6 is 11.3 Å². The molecule has 2 aromatic heterocycles. The Morgan fingerprint density at radius 2 is 1.84 bits per heavy atom. The number of benzene rings is 1. The molecular weight excluding hydrogens is 424 g/mol. The Hall–Kier alpha value is -2.97. The third-order valence-corrected chi connectivity index (χ3v) is 6.53. The summed E-state index contributed by atoms with van der Waals surface area (Å²) in [6.07, 6.45) is 3.20. The fourth-order valence-corrected chi connectivity index (χ4v) is 4.35. The van der Waals surface area contributed by atoms with Crippen molar-refractivity contribution in [2.45, 2.75) is 19.8 Å². The first-order valence-electron chi connectivity index (χ1n) is 10.9. The van der Waals surface area contributed by atoms with Gasteiger partial charge in [-0.2, -0.15) is 0 Å². The number of aromatic nitrogens is 2. The lowest BCUT2D eigenvalue weighted by atomic mass is 10.1. The summed E-state index contributed by atoms with van der Waals surface area (Å²) in [7, 11) is 0. The minimum absolute atomic E-state index is 0.283. The van der Waals surface area contributed by atoms with E-state index in [9.17, 15) is 4.79 Å². The summed E-state index contributed by atoms with van der Waals surface area (Å²) < 4.78 is 11.2. The molecule has 8 heteroatoms. The summed E-state index contributed by atoms with van der Waals surface area (Å²) in [5, 5.41) is 0. The normalized spacial score (nSPS) is 14.3. The van der Waals surface area contributed by atoms with E-state index in [2.05, 4.69) is 21.8 Å². The molecule has 1 aromatic carbocycles. The summed E-state index contributed by atoms with van der Waals surface area (Å²) >= 11 is 1.72. The molecule has 7 nitrogen and oxygen atoms in total. The van der Waals surface area contributed by atoms with Gasteiger partial charge in [-0.15, -0.1) is 11.3 Å². The van der Waals surface area contributed by atoms with Crippen molar-refractivity contribution in [3.05, 3.63) is 70.3 Å². The smallest absolute Gasteiger partial charge is 0.415 e. The number of carbonyl (C=O) groups is 1. The van der Waals surface area contributed by atoms with Crippen LogP contribution in [0.15, 0.2) is 54.2 Å². The van der Waals surface area contributed by atoms with Gasteiger partial charge < -0.3 is 14.4 Å². The average Bonchev–Trinajstić information content (AvgIpc) is 3.24. The number of nitrogens with zero attached hydrogens (tertiary/aromatic N) is 4. The van der Waals surface area contributed by atoms with Crippen LogP contribution in [0.4, 0.5) is 4.79 Å². The number of carbonyl (C=O) groups excluding carboxylic acids is 1. The minimum atomic E-state index is -0.283. The molecular formula is C24H28N4O3S. The van der Waals surface area contributed by atoms with E-state index in [1.807, 2.05) is 48.0 Å². The van der Waals surface area contributed by atoms with Crippen molar-refractivity contribution in [2.24, 2.45) is 0 Å². The van der Waals surface area contributed by atoms with Crippen molar-refractivity contribution in [1.82, 2.24) is 19.8 Å². The number of thiazole rings is 1. The van der Waals surface area contributed by atoms with Gasteiger partial charge in [-0.25, -0.2) is 14.8 Å². The second-order valence-electron chi connectivity index (χ2n) is 7.72. The van der Waals surface area contributed by atoms with E-state index in [4.69, 9.17) is 9.47 Å². The predicted octanol–water partition coefficient (Wildman–Crippen LogP) is 3.83. The van der Waals surface area contributed by atoms with Gasteiger partial charge in [0.15, 0.2) is 0 Å². The van der Waals surface area contributed by atoms with Gasteiger partial charge in [0.05, 0.1) is 17.8 Å². The average molecular weight is 453 g/mol. The standard InChI is InChI=1S/C24H28N4O3S/c1-19-22(32-18-26-19)9-12-27-13-15-28(16-14-27)24(29)31-21-7-5-20(6-8-21)10-17-30-23-4-2-3-11-25-23/h2-8,11,18H,9-10,12-17H2,1H3. The van der Waals surface area contributed by atoms with Crippen LogP contribution < -0.4 is 9.47 Å². The molecule has 1 fully saturated rings. The molecule has 4 rings (SSSR count). The molecule has 0 spiro atoms. The fraction of sp³-hybridized carbons (Fsp3) is 0.375. The third kappa shape index (κ3) is 6.27. The number of pyridine rings is 1. The minimum Gasteiger partial charge on any atom is -0.477 e. The Morgan fingerprint density at radius 1 is 1.03 bits per heavy atom. The molecule has 0 N–H and O–H groups in total. The largest absolute Gasteiger partial charge is 0.477 e. The van der Waals surface area contributed by atoms with Crippen LogP contribution in [0.5, 0.6) is 11.6 Å². The van der Waals surface area contributed by atoms with Crippen molar-refractivity contribution in [1.29, 1.82) is 0 Å². The summed E-state index contributed by atoms with van der Waals surface area (Å²) in [4.78, 5) is 26.5. The topological polar surface area (TPSA) is 67.8 Å². The van der Waals surface area contributed by atoms with Gasteiger partial charge in [0.2, 0.25) is 5.88 Å². The van der Waals surface area contributed by atoms with Crippen molar-refractivity contribution in [3.63, 3.8) is 0 Å². The highest BCUT2D eigenvalue weighted by atomic mass is 32.1. The number of piperazine rings is 1. The number of hydrogen-bond acceptors (Lipinski definition) is 7. The fourth-order valence-electron chi connectivity index (χ4n) is 3.58.